The summed E-state index contributed by atoms with van der Waals surface area (Å²) in [6.45, 7) is 3.51. The van der Waals surface area contributed by atoms with Crippen molar-refractivity contribution in [2.24, 2.45) is 0 Å². The lowest BCUT2D eigenvalue weighted by Gasteiger charge is -2.02. The molecule has 0 aliphatic rings. The number of hydrogen-bond acceptors (Lipinski definition) is 5. The van der Waals surface area contributed by atoms with Gasteiger partial charge in [0, 0.05) is 17.1 Å². The SMILES string of the molecule is Cc1ncc(-c2nc(-c3ccc(C)c(F)c3)cs2)c(N)n1. The summed E-state index contributed by atoms with van der Waals surface area (Å²) in [6.07, 6.45) is 1.66. The molecule has 0 unspecified atom stereocenters. The molecular formula is C15H13FN4S. The molecule has 2 N–H and O–H groups in total. The standard InChI is InChI=1S/C15H13FN4S/c1-8-3-4-10(5-12(8)16)13-7-21-15(20-13)11-6-18-9(2)19-14(11)17/h3-7H,1-2H3,(H2,17,18,19). The zero-order valence-electron chi connectivity index (χ0n) is 11.6. The Morgan fingerprint density at radius 2 is 2.00 bits per heavy atom. The Morgan fingerprint density at radius 1 is 1.19 bits per heavy atom. The molecule has 106 valence electrons. The van der Waals surface area contributed by atoms with Crippen LogP contribution in [-0.4, -0.2) is 15.0 Å². The molecule has 3 rings (SSSR count). The number of aryl methyl sites for hydroxylation is 2. The number of halogens is 1. The van der Waals surface area contributed by atoms with Crippen LogP contribution in [0.4, 0.5) is 10.2 Å². The third kappa shape index (κ3) is 2.62. The van der Waals surface area contributed by atoms with E-state index >= 15 is 0 Å². The van der Waals surface area contributed by atoms with Gasteiger partial charge in [0.15, 0.2) is 0 Å². The van der Waals surface area contributed by atoms with Crippen LogP contribution < -0.4 is 5.73 Å². The molecule has 0 saturated heterocycles. The molecule has 4 nitrogen and oxygen atoms in total. The van der Waals surface area contributed by atoms with Gasteiger partial charge in [-0.2, -0.15) is 0 Å². The van der Waals surface area contributed by atoms with E-state index < -0.39 is 0 Å². The minimum Gasteiger partial charge on any atom is -0.383 e. The zero-order chi connectivity index (χ0) is 15.0. The normalized spacial score (nSPS) is 10.8. The van der Waals surface area contributed by atoms with E-state index in [-0.39, 0.29) is 5.82 Å². The molecule has 0 spiro atoms. The van der Waals surface area contributed by atoms with E-state index in [9.17, 15) is 4.39 Å². The smallest absolute Gasteiger partial charge is 0.137 e. The van der Waals surface area contributed by atoms with Gasteiger partial charge in [-0.3, -0.25) is 0 Å². The molecule has 0 fully saturated rings. The molecule has 0 radical (unpaired) electrons. The maximum absolute atomic E-state index is 13.6. The van der Waals surface area contributed by atoms with Gasteiger partial charge in [-0.15, -0.1) is 11.3 Å². The highest BCUT2D eigenvalue weighted by Gasteiger charge is 2.12. The van der Waals surface area contributed by atoms with Crippen molar-refractivity contribution in [3.63, 3.8) is 0 Å². The average molecular weight is 300 g/mol. The Kier molecular flexibility index (Phi) is 3.39. The molecule has 0 aliphatic heterocycles. The monoisotopic (exact) mass is 300 g/mol. The molecular weight excluding hydrogens is 287 g/mol. The summed E-state index contributed by atoms with van der Waals surface area (Å²) >= 11 is 1.43. The molecule has 6 heteroatoms. The van der Waals surface area contributed by atoms with Crippen molar-refractivity contribution in [2.75, 3.05) is 5.73 Å². The number of benzene rings is 1. The second-order valence-electron chi connectivity index (χ2n) is 4.72. The van der Waals surface area contributed by atoms with Crippen LogP contribution in [0.2, 0.25) is 0 Å². The molecule has 0 bridgehead atoms. The van der Waals surface area contributed by atoms with Gasteiger partial charge < -0.3 is 5.73 Å². The molecule has 2 heterocycles. The number of nitrogens with two attached hydrogens (primary N) is 1. The summed E-state index contributed by atoms with van der Waals surface area (Å²) < 4.78 is 13.6. The number of rotatable bonds is 2. The predicted molar refractivity (Wildman–Crippen MR) is 82.4 cm³/mol. The number of nitrogens with zero attached hydrogens (tertiary/aromatic N) is 3. The van der Waals surface area contributed by atoms with Crippen molar-refractivity contribution in [2.45, 2.75) is 13.8 Å². The van der Waals surface area contributed by atoms with Crippen LogP contribution in [0, 0.1) is 19.7 Å². The minimum atomic E-state index is -0.236. The van der Waals surface area contributed by atoms with Crippen LogP contribution in [-0.2, 0) is 0 Å². The van der Waals surface area contributed by atoms with Crippen molar-refractivity contribution in [1.82, 2.24) is 15.0 Å². The van der Waals surface area contributed by atoms with Gasteiger partial charge in [0.25, 0.3) is 0 Å². The molecule has 0 atom stereocenters. The molecule has 0 saturated carbocycles. The average Bonchev–Trinajstić information content (AvgIpc) is 2.91. The van der Waals surface area contributed by atoms with Crippen molar-refractivity contribution in [3.05, 3.63) is 47.0 Å². The first kappa shape index (κ1) is 13.6. The number of aromatic nitrogens is 3. The van der Waals surface area contributed by atoms with E-state index in [2.05, 4.69) is 15.0 Å². The van der Waals surface area contributed by atoms with Gasteiger partial charge in [-0.05, 0) is 25.5 Å². The summed E-state index contributed by atoms with van der Waals surface area (Å²) in [5.74, 6) is 0.785. The van der Waals surface area contributed by atoms with Crippen LogP contribution >= 0.6 is 11.3 Å². The van der Waals surface area contributed by atoms with E-state index in [1.165, 1.54) is 17.4 Å². The summed E-state index contributed by atoms with van der Waals surface area (Å²) in [6, 6.07) is 5.09. The Hall–Kier alpha value is -2.34. The van der Waals surface area contributed by atoms with Crippen LogP contribution in [0.5, 0.6) is 0 Å². The first-order valence-corrected chi connectivity index (χ1v) is 7.24. The summed E-state index contributed by atoms with van der Waals surface area (Å²) in [7, 11) is 0. The molecule has 2 aromatic heterocycles. The molecule has 0 aliphatic carbocycles. The van der Waals surface area contributed by atoms with E-state index in [0.29, 0.717) is 28.5 Å². The molecule has 0 amide bonds. The highest BCUT2D eigenvalue weighted by molar-refractivity contribution is 7.13. The maximum Gasteiger partial charge on any atom is 0.137 e. The first-order valence-electron chi connectivity index (χ1n) is 6.36. The van der Waals surface area contributed by atoms with E-state index in [1.54, 1.807) is 26.1 Å². The fourth-order valence-electron chi connectivity index (χ4n) is 1.93. The highest BCUT2D eigenvalue weighted by Crippen LogP contribution is 2.31. The fourth-order valence-corrected chi connectivity index (χ4v) is 2.78. The summed E-state index contributed by atoms with van der Waals surface area (Å²) in [5.41, 5.74) is 8.67. The van der Waals surface area contributed by atoms with Crippen molar-refractivity contribution < 1.29 is 4.39 Å². The van der Waals surface area contributed by atoms with E-state index in [1.807, 2.05) is 11.4 Å². The third-order valence-electron chi connectivity index (χ3n) is 3.14. The van der Waals surface area contributed by atoms with Gasteiger partial charge in [-0.25, -0.2) is 19.3 Å². The van der Waals surface area contributed by atoms with Gasteiger partial charge >= 0.3 is 0 Å². The van der Waals surface area contributed by atoms with Gasteiger partial charge in [0.05, 0.1) is 11.3 Å². The molecule has 3 aromatic rings. The Morgan fingerprint density at radius 3 is 2.71 bits per heavy atom. The van der Waals surface area contributed by atoms with Crippen LogP contribution in [0.15, 0.2) is 29.8 Å². The lowest BCUT2D eigenvalue weighted by molar-refractivity contribution is 0.619. The van der Waals surface area contributed by atoms with Crippen LogP contribution in [0.25, 0.3) is 21.8 Å². The predicted octanol–water partition coefficient (Wildman–Crippen LogP) is 3.61. The largest absolute Gasteiger partial charge is 0.383 e. The zero-order valence-corrected chi connectivity index (χ0v) is 12.4. The van der Waals surface area contributed by atoms with Gasteiger partial charge in [0.2, 0.25) is 0 Å². The third-order valence-corrected chi connectivity index (χ3v) is 4.02. The number of anilines is 1. The quantitative estimate of drug-likeness (QED) is 0.785. The lowest BCUT2D eigenvalue weighted by Crippen LogP contribution is -1.98. The van der Waals surface area contributed by atoms with Gasteiger partial charge in [0.1, 0.15) is 22.5 Å². The second-order valence-corrected chi connectivity index (χ2v) is 5.58. The van der Waals surface area contributed by atoms with Crippen LogP contribution in [0.1, 0.15) is 11.4 Å². The maximum atomic E-state index is 13.6. The Balaban J connectivity index is 2.01. The minimum absolute atomic E-state index is 0.236. The topological polar surface area (TPSA) is 64.7 Å². The first-order chi connectivity index (χ1) is 10.0. The molecule has 1 aromatic carbocycles. The number of nitrogen functional groups attached to an aromatic ring is 1. The lowest BCUT2D eigenvalue weighted by atomic mass is 10.1. The van der Waals surface area contributed by atoms with Crippen molar-refractivity contribution >= 4 is 17.2 Å². The van der Waals surface area contributed by atoms with Gasteiger partial charge in [-0.1, -0.05) is 12.1 Å². The number of hydrogen-bond donors (Lipinski definition) is 1. The van der Waals surface area contributed by atoms with Crippen molar-refractivity contribution in [3.8, 4) is 21.8 Å². The Bertz CT molecular complexity index is 813. The second kappa shape index (κ2) is 5.21. The molecule has 21 heavy (non-hydrogen) atoms. The highest BCUT2D eigenvalue weighted by atomic mass is 32.1. The number of thiazole rings is 1. The Labute approximate surface area is 125 Å². The van der Waals surface area contributed by atoms with E-state index in [0.717, 1.165) is 10.6 Å². The summed E-state index contributed by atoms with van der Waals surface area (Å²) in [4.78, 5) is 12.8. The summed E-state index contributed by atoms with van der Waals surface area (Å²) in [5, 5.41) is 2.60. The van der Waals surface area contributed by atoms with E-state index in [4.69, 9.17) is 5.73 Å². The van der Waals surface area contributed by atoms with Crippen molar-refractivity contribution in [1.29, 1.82) is 0 Å². The fraction of sp³-hybridized carbons (Fsp3) is 0.133. The van der Waals surface area contributed by atoms with Crippen LogP contribution in [0.3, 0.4) is 0 Å².